The lowest BCUT2D eigenvalue weighted by atomic mass is 10.5. The van der Waals surface area contributed by atoms with Gasteiger partial charge in [-0.15, -0.1) is 6.58 Å². The molecule has 0 bridgehead atoms. The molecule has 0 aliphatic carbocycles. The molecule has 1 saturated heterocycles. The van der Waals surface area contributed by atoms with E-state index in [0.717, 1.165) is 0 Å². The Bertz CT molecular complexity index is 256. The second-order valence-electron chi connectivity index (χ2n) is 2.57. The smallest absolute Gasteiger partial charge is 0.296 e. The van der Waals surface area contributed by atoms with Gasteiger partial charge in [0.2, 0.25) is 0 Å². The van der Waals surface area contributed by atoms with Gasteiger partial charge in [-0.2, -0.15) is 8.42 Å². The molecule has 1 fully saturated rings. The van der Waals surface area contributed by atoms with Crippen LogP contribution in [-0.2, 0) is 19.0 Å². The average molecular weight is 207 g/mol. The first kappa shape index (κ1) is 10.6. The lowest BCUT2D eigenvalue weighted by Crippen LogP contribution is -2.43. The summed E-state index contributed by atoms with van der Waals surface area (Å²) in [4.78, 5) is 0. The van der Waals surface area contributed by atoms with Crippen molar-refractivity contribution in [1.29, 1.82) is 0 Å². The van der Waals surface area contributed by atoms with Gasteiger partial charge in [-0.25, -0.2) is 0 Å². The van der Waals surface area contributed by atoms with Gasteiger partial charge in [-0.05, 0) is 0 Å². The van der Waals surface area contributed by atoms with Crippen molar-refractivity contribution in [3.8, 4) is 0 Å². The zero-order chi connectivity index (χ0) is 9.73. The van der Waals surface area contributed by atoms with E-state index in [-0.39, 0.29) is 13.2 Å². The van der Waals surface area contributed by atoms with Crippen molar-refractivity contribution in [1.82, 2.24) is 5.32 Å². The number of hydrogen-bond donors (Lipinski definition) is 1. The number of hydrogen-bond acceptors (Lipinski definition) is 5. The molecule has 1 atom stereocenters. The van der Waals surface area contributed by atoms with Crippen LogP contribution in [0.4, 0.5) is 0 Å². The molecular formula is C7H13NO4S. The maximum Gasteiger partial charge on any atom is 0.296 e. The third kappa shape index (κ3) is 3.07. The second kappa shape index (κ2) is 4.71. The SMILES string of the molecule is C=CCOS(=O)(=O)C1CNCCO1. The van der Waals surface area contributed by atoms with Crippen LogP contribution in [0.2, 0.25) is 0 Å². The molecule has 1 N–H and O–H groups in total. The van der Waals surface area contributed by atoms with E-state index < -0.39 is 15.6 Å². The molecule has 5 nitrogen and oxygen atoms in total. The van der Waals surface area contributed by atoms with Crippen LogP contribution in [0.5, 0.6) is 0 Å². The number of nitrogens with one attached hydrogen (secondary N) is 1. The van der Waals surface area contributed by atoms with E-state index in [4.69, 9.17) is 4.74 Å². The molecule has 6 heteroatoms. The minimum absolute atomic E-state index is 0.0117. The first-order chi connectivity index (χ1) is 6.17. The summed E-state index contributed by atoms with van der Waals surface area (Å²) >= 11 is 0. The highest BCUT2D eigenvalue weighted by Crippen LogP contribution is 2.07. The van der Waals surface area contributed by atoms with Crippen molar-refractivity contribution < 1.29 is 17.3 Å². The molecule has 1 aliphatic rings. The van der Waals surface area contributed by atoms with E-state index in [1.54, 1.807) is 0 Å². The van der Waals surface area contributed by atoms with Crippen molar-refractivity contribution in [2.75, 3.05) is 26.3 Å². The van der Waals surface area contributed by atoms with E-state index in [1.807, 2.05) is 0 Å². The third-order valence-electron chi connectivity index (χ3n) is 1.57. The Morgan fingerprint density at radius 3 is 3.00 bits per heavy atom. The van der Waals surface area contributed by atoms with Crippen molar-refractivity contribution in [2.45, 2.75) is 5.44 Å². The summed E-state index contributed by atoms with van der Waals surface area (Å²) in [5.74, 6) is 0. The molecule has 1 heterocycles. The lowest BCUT2D eigenvalue weighted by Gasteiger charge is -2.22. The zero-order valence-electron chi connectivity index (χ0n) is 7.23. The summed E-state index contributed by atoms with van der Waals surface area (Å²) in [5, 5.41) is 2.91. The Labute approximate surface area is 77.8 Å². The Morgan fingerprint density at radius 2 is 2.46 bits per heavy atom. The lowest BCUT2D eigenvalue weighted by molar-refractivity contribution is 0.0700. The largest absolute Gasteiger partial charge is 0.357 e. The van der Waals surface area contributed by atoms with Crippen molar-refractivity contribution >= 4 is 10.1 Å². The summed E-state index contributed by atoms with van der Waals surface area (Å²) in [5.41, 5.74) is -0.888. The topological polar surface area (TPSA) is 64.6 Å². The molecule has 0 aromatic heterocycles. The maximum atomic E-state index is 11.3. The monoisotopic (exact) mass is 207 g/mol. The third-order valence-corrected chi connectivity index (χ3v) is 2.98. The van der Waals surface area contributed by atoms with Crippen molar-refractivity contribution in [3.05, 3.63) is 12.7 Å². The van der Waals surface area contributed by atoms with Crippen LogP contribution in [0.15, 0.2) is 12.7 Å². The van der Waals surface area contributed by atoms with Crippen LogP contribution in [0.1, 0.15) is 0 Å². The molecule has 76 valence electrons. The van der Waals surface area contributed by atoms with Crippen molar-refractivity contribution in [2.24, 2.45) is 0 Å². The Kier molecular flexibility index (Phi) is 3.86. The standard InChI is InChI=1S/C7H13NO4S/c1-2-4-12-13(9,10)7-6-8-3-5-11-7/h2,7-8H,1,3-6H2. The highest BCUT2D eigenvalue weighted by molar-refractivity contribution is 7.87. The van der Waals surface area contributed by atoms with Crippen LogP contribution < -0.4 is 5.32 Å². The average Bonchev–Trinajstić information content (AvgIpc) is 2.16. The molecule has 1 aliphatic heterocycles. The maximum absolute atomic E-state index is 11.3. The molecule has 13 heavy (non-hydrogen) atoms. The molecule has 1 rings (SSSR count). The molecule has 0 radical (unpaired) electrons. The molecule has 1 unspecified atom stereocenters. The van der Waals surface area contributed by atoms with Gasteiger partial charge in [-0.1, -0.05) is 6.08 Å². The highest BCUT2D eigenvalue weighted by Gasteiger charge is 2.28. The number of ether oxygens (including phenoxy) is 1. The van der Waals surface area contributed by atoms with Gasteiger partial charge < -0.3 is 10.1 Å². The summed E-state index contributed by atoms with van der Waals surface area (Å²) in [6.07, 6.45) is 1.38. The van der Waals surface area contributed by atoms with Crippen molar-refractivity contribution in [3.63, 3.8) is 0 Å². The fourth-order valence-electron chi connectivity index (χ4n) is 0.946. The van der Waals surface area contributed by atoms with Crippen LogP contribution >= 0.6 is 0 Å². The van der Waals surface area contributed by atoms with Crippen LogP contribution in [0.3, 0.4) is 0 Å². The van der Waals surface area contributed by atoms with E-state index in [2.05, 4.69) is 16.1 Å². The van der Waals surface area contributed by atoms with E-state index in [9.17, 15) is 8.42 Å². The molecule has 0 aromatic carbocycles. The predicted octanol–water partition coefficient (Wildman–Crippen LogP) is -0.535. The van der Waals surface area contributed by atoms with E-state index >= 15 is 0 Å². The van der Waals surface area contributed by atoms with Gasteiger partial charge >= 0.3 is 0 Å². The predicted molar refractivity (Wildman–Crippen MR) is 47.7 cm³/mol. The van der Waals surface area contributed by atoms with Gasteiger partial charge in [0.15, 0.2) is 5.44 Å². The Morgan fingerprint density at radius 1 is 1.69 bits per heavy atom. The minimum atomic E-state index is -3.60. The van der Waals surface area contributed by atoms with Gasteiger partial charge in [0.1, 0.15) is 0 Å². The first-order valence-electron chi connectivity index (χ1n) is 3.98. The molecule has 0 aromatic rings. The van der Waals surface area contributed by atoms with E-state index in [0.29, 0.717) is 13.2 Å². The zero-order valence-corrected chi connectivity index (χ0v) is 8.05. The highest BCUT2D eigenvalue weighted by atomic mass is 32.2. The second-order valence-corrected chi connectivity index (χ2v) is 4.32. The van der Waals surface area contributed by atoms with Gasteiger partial charge in [0.05, 0.1) is 13.2 Å². The fraction of sp³-hybridized carbons (Fsp3) is 0.714. The normalized spacial score (nSPS) is 24.2. The summed E-state index contributed by atoms with van der Waals surface area (Å²) in [7, 11) is -3.60. The first-order valence-corrected chi connectivity index (χ1v) is 5.45. The molecule has 0 spiro atoms. The summed E-state index contributed by atoms with van der Waals surface area (Å²) < 4.78 is 32.3. The van der Waals surface area contributed by atoms with Crippen LogP contribution in [0.25, 0.3) is 0 Å². The number of morpholine rings is 1. The molecule has 0 amide bonds. The summed E-state index contributed by atoms with van der Waals surface area (Å²) in [6, 6.07) is 0. The van der Waals surface area contributed by atoms with Gasteiger partial charge in [-0.3, -0.25) is 4.18 Å². The van der Waals surface area contributed by atoms with E-state index in [1.165, 1.54) is 6.08 Å². The number of rotatable bonds is 4. The van der Waals surface area contributed by atoms with Crippen LogP contribution in [-0.4, -0.2) is 40.2 Å². The Balaban J connectivity index is 2.51. The van der Waals surface area contributed by atoms with Gasteiger partial charge in [0, 0.05) is 13.1 Å². The summed E-state index contributed by atoms with van der Waals surface area (Å²) in [6.45, 7) is 4.69. The van der Waals surface area contributed by atoms with Gasteiger partial charge in [0.25, 0.3) is 10.1 Å². The fourth-order valence-corrected chi connectivity index (χ4v) is 1.97. The molecular weight excluding hydrogens is 194 g/mol. The quantitative estimate of drug-likeness (QED) is 0.495. The Hall–Kier alpha value is -0.430. The van der Waals surface area contributed by atoms with Crippen LogP contribution in [0, 0.1) is 0 Å². The molecule has 0 saturated carbocycles. The minimum Gasteiger partial charge on any atom is -0.357 e.